The first kappa shape index (κ1) is 23.6. The summed E-state index contributed by atoms with van der Waals surface area (Å²) in [6.45, 7) is 8.01. The number of carbonyl (C=O) groups is 1. The van der Waals surface area contributed by atoms with E-state index in [2.05, 4.69) is 10.4 Å². The molecule has 1 saturated heterocycles. The molecule has 0 bridgehead atoms. The summed E-state index contributed by atoms with van der Waals surface area (Å²) in [6.07, 6.45) is 1.01. The molecule has 1 N–H and O–H groups in total. The number of nitrogens with zero attached hydrogens (tertiary/aromatic N) is 4. The van der Waals surface area contributed by atoms with E-state index >= 15 is 0 Å². The highest BCUT2D eigenvalue weighted by Gasteiger charge is 2.31. The fourth-order valence-corrected chi connectivity index (χ4v) is 5.69. The summed E-state index contributed by atoms with van der Waals surface area (Å²) in [5, 5.41) is 15.9. The van der Waals surface area contributed by atoms with Gasteiger partial charge in [0.1, 0.15) is 18.2 Å². The summed E-state index contributed by atoms with van der Waals surface area (Å²) in [6, 6.07) is 7.80. The maximum Gasteiger partial charge on any atom is 0.285 e. The molecule has 3 rings (SSSR count). The molecular formula is C22H27N5O4S. The standard InChI is InChI=1S/C22H27N5O4S/c1-14-9-15(2)12-26(11-14)32(30,31)19-7-5-18(6-8-19)24-21(28)13-27-22(29)20(10-23)16(3)17(4)25-27/h5-8,14-15H,9,11-13H2,1-4H3,(H,24,28). The number of nitriles is 1. The topological polar surface area (TPSA) is 125 Å². The summed E-state index contributed by atoms with van der Waals surface area (Å²) in [5.41, 5.74) is 0.707. The van der Waals surface area contributed by atoms with Gasteiger partial charge in [-0.15, -0.1) is 0 Å². The van der Waals surface area contributed by atoms with Crippen molar-refractivity contribution in [2.24, 2.45) is 11.8 Å². The first-order chi connectivity index (χ1) is 15.0. The van der Waals surface area contributed by atoms with Gasteiger partial charge < -0.3 is 5.32 Å². The van der Waals surface area contributed by atoms with Crippen molar-refractivity contribution < 1.29 is 13.2 Å². The van der Waals surface area contributed by atoms with Crippen molar-refractivity contribution in [2.75, 3.05) is 18.4 Å². The summed E-state index contributed by atoms with van der Waals surface area (Å²) < 4.78 is 28.4. The van der Waals surface area contributed by atoms with Crippen LogP contribution in [0.3, 0.4) is 0 Å². The molecule has 0 spiro atoms. The van der Waals surface area contributed by atoms with E-state index in [0.717, 1.165) is 11.1 Å². The van der Waals surface area contributed by atoms with Crippen LogP contribution < -0.4 is 10.9 Å². The zero-order valence-corrected chi connectivity index (χ0v) is 19.4. The molecule has 9 nitrogen and oxygen atoms in total. The smallest absolute Gasteiger partial charge is 0.285 e. The van der Waals surface area contributed by atoms with E-state index in [1.807, 2.05) is 19.9 Å². The Kier molecular flexibility index (Phi) is 6.81. The molecule has 1 fully saturated rings. The summed E-state index contributed by atoms with van der Waals surface area (Å²) in [7, 11) is -3.61. The lowest BCUT2D eigenvalue weighted by molar-refractivity contribution is -0.117. The molecule has 0 aliphatic carbocycles. The van der Waals surface area contributed by atoms with Crippen molar-refractivity contribution in [3.63, 3.8) is 0 Å². The van der Waals surface area contributed by atoms with Gasteiger partial charge in [0.15, 0.2) is 0 Å². The third-order valence-electron chi connectivity index (χ3n) is 5.65. The van der Waals surface area contributed by atoms with E-state index in [-0.39, 0.29) is 17.0 Å². The van der Waals surface area contributed by atoms with Gasteiger partial charge in [-0.25, -0.2) is 13.1 Å². The first-order valence-electron chi connectivity index (χ1n) is 10.4. The lowest BCUT2D eigenvalue weighted by Gasteiger charge is -2.34. The molecule has 2 aromatic rings. The van der Waals surface area contributed by atoms with Crippen LogP contribution >= 0.6 is 0 Å². The van der Waals surface area contributed by atoms with Crippen molar-refractivity contribution >= 4 is 21.6 Å². The molecule has 1 aliphatic rings. The number of nitrogens with one attached hydrogen (secondary N) is 1. The Morgan fingerprint density at radius 3 is 2.34 bits per heavy atom. The number of piperidine rings is 1. The van der Waals surface area contributed by atoms with Gasteiger partial charge in [-0.05, 0) is 61.9 Å². The molecule has 1 aromatic heterocycles. The van der Waals surface area contributed by atoms with Gasteiger partial charge in [0.2, 0.25) is 15.9 Å². The molecule has 10 heteroatoms. The zero-order valence-electron chi connectivity index (χ0n) is 18.6. The lowest BCUT2D eigenvalue weighted by Crippen LogP contribution is -2.42. The molecule has 0 saturated carbocycles. The number of rotatable bonds is 5. The van der Waals surface area contributed by atoms with Crippen molar-refractivity contribution in [3.05, 3.63) is 51.4 Å². The normalized spacial score (nSPS) is 19.3. The number of benzene rings is 1. The highest BCUT2D eigenvalue weighted by atomic mass is 32.2. The second-order valence-electron chi connectivity index (χ2n) is 8.50. The molecule has 1 aromatic carbocycles. The molecule has 1 amide bonds. The average molecular weight is 458 g/mol. The third-order valence-corrected chi connectivity index (χ3v) is 7.50. The summed E-state index contributed by atoms with van der Waals surface area (Å²) >= 11 is 0. The van der Waals surface area contributed by atoms with Crippen molar-refractivity contribution in [3.8, 4) is 6.07 Å². The van der Waals surface area contributed by atoms with Gasteiger partial charge in [0.25, 0.3) is 5.56 Å². The van der Waals surface area contributed by atoms with E-state index in [0.29, 0.717) is 41.9 Å². The molecular weight excluding hydrogens is 430 g/mol. The molecule has 1 aliphatic heterocycles. The molecule has 32 heavy (non-hydrogen) atoms. The average Bonchev–Trinajstić information content (AvgIpc) is 2.72. The van der Waals surface area contributed by atoms with Crippen LogP contribution in [0.2, 0.25) is 0 Å². The van der Waals surface area contributed by atoms with Crippen LogP contribution in [0.15, 0.2) is 34.0 Å². The second-order valence-corrected chi connectivity index (χ2v) is 10.4. The Morgan fingerprint density at radius 2 is 1.78 bits per heavy atom. The monoisotopic (exact) mass is 457 g/mol. The van der Waals surface area contributed by atoms with Crippen LogP contribution in [-0.2, 0) is 21.4 Å². The Labute approximate surface area is 187 Å². The summed E-state index contributed by atoms with van der Waals surface area (Å²) in [4.78, 5) is 24.9. The molecule has 2 unspecified atom stereocenters. The molecule has 2 heterocycles. The van der Waals surface area contributed by atoms with Gasteiger partial charge >= 0.3 is 0 Å². The number of carbonyl (C=O) groups excluding carboxylic acids is 1. The zero-order chi connectivity index (χ0) is 23.6. The van der Waals surface area contributed by atoms with Crippen LogP contribution in [0, 0.1) is 37.0 Å². The molecule has 0 radical (unpaired) electrons. The van der Waals surface area contributed by atoms with Gasteiger partial charge in [0, 0.05) is 18.8 Å². The maximum atomic E-state index is 13.0. The van der Waals surface area contributed by atoms with E-state index in [9.17, 15) is 23.3 Å². The Hall–Kier alpha value is -3.03. The Balaban J connectivity index is 1.73. The van der Waals surface area contributed by atoms with Crippen LogP contribution in [0.5, 0.6) is 0 Å². The van der Waals surface area contributed by atoms with Gasteiger partial charge in [-0.2, -0.15) is 14.7 Å². The van der Waals surface area contributed by atoms with Gasteiger partial charge in [0.05, 0.1) is 10.6 Å². The summed E-state index contributed by atoms with van der Waals surface area (Å²) in [5.74, 6) is 0.0909. The van der Waals surface area contributed by atoms with E-state index < -0.39 is 21.5 Å². The van der Waals surface area contributed by atoms with Crippen LogP contribution in [0.1, 0.15) is 37.1 Å². The fraction of sp³-hybridized carbons (Fsp3) is 0.455. The highest BCUT2D eigenvalue weighted by molar-refractivity contribution is 7.89. The van der Waals surface area contributed by atoms with E-state index in [1.165, 1.54) is 28.6 Å². The number of hydrogen-bond acceptors (Lipinski definition) is 6. The SMILES string of the molecule is Cc1nn(CC(=O)Nc2ccc(S(=O)(=O)N3CC(C)CC(C)C3)cc2)c(=O)c(C#N)c1C. The number of aromatic nitrogens is 2. The van der Waals surface area contributed by atoms with Crippen LogP contribution in [-0.4, -0.2) is 41.5 Å². The predicted octanol–water partition coefficient (Wildman–Crippen LogP) is 2.04. The number of aryl methyl sites for hydroxylation is 1. The fourth-order valence-electron chi connectivity index (χ4n) is 4.01. The Bertz CT molecular complexity index is 1220. The van der Waals surface area contributed by atoms with E-state index in [4.69, 9.17) is 0 Å². The number of anilines is 1. The minimum atomic E-state index is -3.61. The lowest BCUT2D eigenvalue weighted by atomic mass is 9.94. The third kappa shape index (κ3) is 4.89. The second kappa shape index (κ2) is 9.22. The van der Waals surface area contributed by atoms with Gasteiger partial charge in [-0.1, -0.05) is 13.8 Å². The first-order valence-corrected chi connectivity index (χ1v) is 11.9. The predicted molar refractivity (Wildman–Crippen MR) is 119 cm³/mol. The minimum absolute atomic E-state index is 0.0405. The van der Waals surface area contributed by atoms with Crippen molar-refractivity contribution in [2.45, 2.75) is 45.6 Å². The number of hydrogen-bond donors (Lipinski definition) is 1. The minimum Gasteiger partial charge on any atom is -0.324 e. The Morgan fingerprint density at radius 1 is 1.19 bits per heavy atom. The number of sulfonamides is 1. The van der Waals surface area contributed by atoms with Crippen molar-refractivity contribution in [1.82, 2.24) is 14.1 Å². The quantitative estimate of drug-likeness (QED) is 0.732. The van der Waals surface area contributed by atoms with Crippen LogP contribution in [0.25, 0.3) is 0 Å². The highest BCUT2D eigenvalue weighted by Crippen LogP contribution is 2.27. The maximum absolute atomic E-state index is 13.0. The van der Waals surface area contributed by atoms with E-state index in [1.54, 1.807) is 13.8 Å². The number of amides is 1. The van der Waals surface area contributed by atoms with Crippen molar-refractivity contribution in [1.29, 1.82) is 5.26 Å². The largest absolute Gasteiger partial charge is 0.324 e. The molecule has 170 valence electrons. The molecule has 2 atom stereocenters. The van der Waals surface area contributed by atoms with Gasteiger partial charge in [-0.3, -0.25) is 9.59 Å². The van der Waals surface area contributed by atoms with Crippen LogP contribution in [0.4, 0.5) is 5.69 Å².